The number of aliphatic carboxylic acids is 1. The van der Waals surface area contributed by atoms with Crippen molar-refractivity contribution in [2.75, 3.05) is 0 Å². The lowest BCUT2D eigenvalue weighted by Gasteiger charge is -2.19. The van der Waals surface area contributed by atoms with Gasteiger partial charge in [0.25, 0.3) is 0 Å². The SMILES string of the molecule is CCC[C@@H](c1c[nH]c2ccccc12)[C@@H](N)C(=O)O. The van der Waals surface area contributed by atoms with Gasteiger partial charge in [-0.25, -0.2) is 0 Å². The first-order valence-electron chi connectivity index (χ1n) is 6.19. The summed E-state index contributed by atoms with van der Waals surface area (Å²) in [4.78, 5) is 14.3. The number of rotatable bonds is 5. The van der Waals surface area contributed by atoms with Crippen LogP contribution in [0.4, 0.5) is 0 Å². The normalized spacial score (nSPS) is 14.6. The fourth-order valence-corrected chi connectivity index (χ4v) is 2.41. The number of fused-ring (bicyclic) bond motifs is 1. The molecule has 0 aliphatic heterocycles. The van der Waals surface area contributed by atoms with E-state index in [-0.39, 0.29) is 5.92 Å². The van der Waals surface area contributed by atoms with Gasteiger partial charge in [-0.15, -0.1) is 0 Å². The van der Waals surface area contributed by atoms with Gasteiger partial charge in [-0.2, -0.15) is 0 Å². The second kappa shape index (κ2) is 5.23. The van der Waals surface area contributed by atoms with E-state index in [9.17, 15) is 4.79 Å². The van der Waals surface area contributed by atoms with Gasteiger partial charge in [0.1, 0.15) is 6.04 Å². The van der Waals surface area contributed by atoms with Gasteiger partial charge < -0.3 is 15.8 Å². The third kappa shape index (κ3) is 2.24. The van der Waals surface area contributed by atoms with E-state index in [0.717, 1.165) is 29.3 Å². The van der Waals surface area contributed by atoms with Crippen molar-refractivity contribution in [1.82, 2.24) is 4.98 Å². The van der Waals surface area contributed by atoms with Crippen molar-refractivity contribution < 1.29 is 9.90 Å². The van der Waals surface area contributed by atoms with E-state index in [4.69, 9.17) is 10.8 Å². The Hall–Kier alpha value is -1.81. The zero-order chi connectivity index (χ0) is 13.1. The summed E-state index contributed by atoms with van der Waals surface area (Å²) in [6.07, 6.45) is 3.56. The van der Waals surface area contributed by atoms with E-state index in [0.29, 0.717) is 0 Å². The van der Waals surface area contributed by atoms with Gasteiger partial charge in [0.15, 0.2) is 0 Å². The van der Waals surface area contributed by atoms with Crippen LogP contribution in [0.2, 0.25) is 0 Å². The molecule has 0 saturated heterocycles. The van der Waals surface area contributed by atoms with Gasteiger partial charge in [0, 0.05) is 23.0 Å². The molecule has 0 amide bonds. The van der Waals surface area contributed by atoms with Crippen LogP contribution >= 0.6 is 0 Å². The molecule has 0 aliphatic rings. The Morgan fingerprint density at radius 3 is 2.83 bits per heavy atom. The summed E-state index contributed by atoms with van der Waals surface area (Å²) in [5.74, 6) is -1.10. The van der Waals surface area contributed by atoms with Crippen molar-refractivity contribution in [2.45, 2.75) is 31.7 Å². The first kappa shape index (κ1) is 12.6. The number of carboxylic acids is 1. The van der Waals surface area contributed by atoms with E-state index in [1.807, 2.05) is 37.4 Å². The smallest absolute Gasteiger partial charge is 0.321 e. The largest absolute Gasteiger partial charge is 0.480 e. The summed E-state index contributed by atoms with van der Waals surface area (Å²) < 4.78 is 0. The average Bonchev–Trinajstić information content (AvgIpc) is 2.79. The van der Waals surface area contributed by atoms with Gasteiger partial charge in [-0.1, -0.05) is 31.5 Å². The quantitative estimate of drug-likeness (QED) is 0.758. The minimum absolute atomic E-state index is 0.149. The molecule has 4 N–H and O–H groups in total. The average molecular weight is 246 g/mol. The van der Waals surface area contributed by atoms with Crippen LogP contribution in [-0.4, -0.2) is 22.1 Å². The third-order valence-electron chi connectivity index (χ3n) is 3.34. The molecule has 0 aliphatic carbocycles. The molecule has 0 spiro atoms. The van der Waals surface area contributed by atoms with Crippen molar-refractivity contribution in [3.8, 4) is 0 Å². The number of para-hydroxylation sites is 1. The number of aromatic amines is 1. The molecule has 0 radical (unpaired) electrons. The highest BCUT2D eigenvalue weighted by Gasteiger charge is 2.26. The molecule has 1 aromatic carbocycles. The number of carbonyl (C=O) groups is 1. The molecule has 0 bridgehead atoms. The number of carboxylic acid groups (broad SMARTS) is 1. The Bertz CT molecular complexity index is 547. The van der Waals surface area contributed by atoms with Crippen LogP contribution in [0.5, 0.6) is 0 Å². The molecule has 1 heterocycles. The maximum Gasteiger partial charge on any atom is 0.321 e. The van der Waals surface area contributed by atoms with Gasteiger partial charge >= 0.3 is 5.97 Å². The van der Waals surface area contributed by atoms with Crippen LogP contribution in [0.3, 0.4) is 0 Å². The Morgan fingerprint density at radius 2 is 2.17 bits per heavy atom. The molecule has 0 fully saturated rings. The Balaban J connectivity index is 2.44. The van der Waals surface area contributed by atoms with Crippen molar-refractivity contribution in [1.29, 1.82) is 0 Å². The lowest BCUT2D eigenvalue weighted by molar-refractivity contribution is -0.139. The Kier molecular flexibility index (Phi) is 3.67. The number of H-pyrrole nitrogens is 1. The van der Waals surface area contributed by atoms with Crippen LogP contribution in [0.1, 0.15) is 31.2 Å². The van der Waals surface area contributed by atoms with Gasteiger partial charge in [-0.05, 0) is 18.1 Å². The lowest BCUT2D eigenvalue weighted by Crippen LogP contribution is -2.36. The number of benzene rings is 1. The van der Waals surface area contributed by atoms with E-state index in [2.05, 4.69) is 4.98 Å². The minimum atomic E-state index is -0.946. The van der Waals surface area contributed by atoms with Gasteiger partial charge in [-0.3, -0.25) is 4.79 Å². The first-order chi connectivity index (χ1) is 8.65. The fourth-order valence-electron chi connectivity index (χ4n) is 2.41. The molecule has 2 atom stereocenters. The maximum absolute atomic E-state index is 11.1. The predicted octanol–water partition coefficient (Wildman–Crippen LogP) is 2.46. The lowest BCUT2D eigenvalue weighted by atomic mass is 9.88. The zero-order valence-electron chi connectivity index (χ0n) is 10.4. The highest BCUT2D eigenvalue weighted by atomic mass is 16.4. The summed E-state index contributed by atoms with van der Waals surface area (Å²) in [6.45, 7) is 2.04. The summed E-state index contributed by atoms with van der Waals surface area (Å²) in [6, 6.07) is 7.03. The minimum Gasteiger partial charge on any atom is -0.480 e. The predicted molar refractivity (Wildman–Crippen MR) is 71.6 cm³/mol. The number of hydrogen-bond acceptors (Lipinski definition) is 2. The molecule has 4 nitrogen and oxygen atoms in total. The maximum atomic E-state index is 11.1. The van der Waals surface area contributed by atoms with Crippen LogP contribution in [0.25, 0.3) is 10.9 Å². The third-order valence-corrected chi connectivity index (χ3v) is 3.34. The molecule has 1 aromatic heterocycles. The molecular formula is C14H18N2O2. The Labute approximate surface area is 106 Å². The number of nitrogens with two attached hydrogens (primary N) is 1. The molecule has 0 unspecified atom stereocenters. The first-order valence-corrected chi connectivity index (χ1v) is 6.19. The highest BCUT2D eigenvalue weighted by molar-refractivity contribution is 5.85. The second-order valence-corrected chi connectivity index (χ2v) is 4.55. The standard InChI is InChI=1S/C14H18N2O2/c1-2-5-10(13(15)14(17)18)11-8-16-12-7-4-3-6-9(11)12/h3-4,6-8,10,13,16H,2,5,15H2,1H3,(H,17,18)/t10-,13+/m0/s1. The molecule has 96 valence electrons. The van der Waals surface area contributed by atoms with Crippen LogP contribution in [-0.2, 0) is 4.79 Å². The van der Waals surface area contributed by atoms with Gasteiger partial charge in [0.05, 0.1) is 0 Å². The van der Waals surface area contributed by atoms with E-state index >= 15 is 0 Å². The molecule has 2 rings (SSSR count). The van der Waals surface area contributed by atoms with Crippen LogP contribution in [0.15, 0.2) is 30.5 Å². The number of aromatic nitrogens is 1. The number of nitrogens with one attached hydrogen (secondary N) is 1. The summed E-state index contributed by atoms with van der Waals surface area (Å²) >= 11 is 0. The topological polar surface area (TPSA) is 79.1 Å². The fraction of sp³-hybridized carbons (Fsp3) is 0.357. The summed E-state index contributed by atoms with van der Waals surface area (Å²) in [5.41, 5.74) is 7.84. The van der Waals surface area contributed by atoms with Crippen LogP contribution < -0.4 is 5.73 Å². The Morgan fingerprint density at radius 1 is 1.44 bits per heavy atom. The highest BCUT2D eigenvalue weighted by Crippen LogP contribution is 2.30. The van der Waals surface area contributed by atoms with Crippen molar-refractivity contribution in [3.63, 3.8) is 0 Å². The monoisotopic (exact) mass is 246 g/mol. The molecule has 2 aromatic rings. The molecule has 0 saturated carbocycles. The van der Waals surface area contributed by atoms with E-state index < -0.39 is 12.0 Å². The summed E-state index contributed by atoms with van der Waals surface area (Å²) in [7, 11) is 0. The molecule has 18 heavy (non-hydrogen) atoms. The van der Waals surface area contributed by atoms with E-state index in [1.165, 1.54) is 0 Å². The molecular weight excluding hydrogens is 228 g/mol. The van der Waals surface area contributed by atoms with Crippen molar-refractivity contribution >= 4 is 16.9 Å². The van der Waals surface area contributed by atoms with Crippen molar-refractivity contribution in [2.24, 2.45) is 5.73 Å². The van der Waals surface area contributed by atoms with Crippen molar-refractivity contribution in [3.05, 3.63) is 36.0 Å². The van der Waals surface area contributed by atoms with Gasteiger partial charge in [0.2, 0.25) is 0 Å². The van der Waals surface area contributed by atoms with E-state index in [1.54, 1.807) is 0 Å². The summed E-state index contributed by atoms with van der Waals surface area (Å²) in [5, 5.41) is 10.2. The molecule has 4 heteroatoms. The number of hydrogen-bond donors (Lipinski definition) is 3. The van der Waals surface area contributed by atoms with Crippen LogP contribution in [0, 0.1) is 0 Å². The second-order valence-electron chi connectivity index (χ2n) is 4.55. The zero-order valence-corrected chi connectivity index (χ0v) is 10.4.